The summed E-state index contributed by atoms with van der Waals surface area (Å²) in [4.78, 5) is 16.1. The van der Waals surface area contributed by atoms with Crippen LogP contribution in [0.4, 0.5) is 11.4 Å². The molecular formula is C22H27N3O4S. The average Bonchev–Trinajstić information content (AvgIpc) is 3.20. The van der Waals surface area contributed by atoms with Gasteiger partial charge in [-0.1, -0.05) is 18.2 Å². The Morgan fingerprint density at radius 1 is 1.00 bits per heavy atom. The highest BCUT2D eigenvalue weighted by atomic mass is 32.2. The van der Waals surface area contributed by atoms with Crippen LogP contribution in [0.1, 0.15) is 18.4 Å². The van der Waals surface area contributed by atoms with E-state index < -0.39 is 10.0 Å². The maximum Gasteiger partial charge on any atom is 0.243 e. The molecule has 2 aliphatic rings. The summed E-state index contributed by atoms with van der Waals surface area (Å²) in [6.07, 6.45) is 1.38. The molecule has 2 aromatic rings. The lowest BCUT2D eigenvalue weighted by Gasteiger charge is -2.31. The second-order valence-electron chi connectivity index (χ2n) is 7.63. The first-order valence-corrected chi connectivity index (χ1v) is 11.7. The van der Waals surface area contributed by atoms with Crippen LogP contribution in [0.25, 0.3) is 0 Å². The fourth-order valence-electron chi connectivity index (χ4n) is 3.98. The van der Waals surface area contributed by atoms with Gasteiger partial charge in [-0.2, -0.15) is 4.31 Å². The van der Waals surface area contributed by atoms with E-state index in [1.807, 2.05) is 24.3 Å². The number of anilines is 2. The molecule has 0 N–H and O–H groups in total. The van der Waals surface area contributed by atoms with Gasteiger partial charge in [0.05, 0.1) is 18.1 Å². The van der Waals surface area contributed by atoms with Crippen molar-refractivity contribution in [3.05, 3.63) is 54.1 Å². The number of hydrogen-bond acceptors (Lipinski definition) is 5. The molecule has 2 aliphatic heterocycles. The first-order chi connectivity index (χ1) is 14.5. The minimum absolute atomic E-state index is 0.0856. The Hall–Kier alpha value is -2.42. The zero-order valence-electron chi connectivity index (χ0n) is 17.2. The number of sulfonamides is 1. The first kappa shape index (κ1) is 20.8. The fraction of sp³-hybridized carbons (Fsp3) is 0.409. The van der Waals surface area contributed by atoms with Crippen molar-refractivity contribution in [2.75, 3.05) is 49.7 Å². The molecule has 2 fully saturated rings. The Morgan fingerprint density at radius 3 is 2.37 bits per heavy atom. The van der Waals surface area contributed by atoms with Gasteiger partial charge in [0.2, 0.25) is 15.9 Å². The largest absolute Gasteiger partial charge is 0.378 e. The van der Waals surface area contributed by atoms with Gasteiger partial charge in [0.25, 0.3) is 0 Å². The van der Waals surface area contributed by atoms with E-state index >= 15 is 0 Å². The smallest absolute Gasteiger partial charge is 0.243 e. The second-order valence-corrected chi connectivity index (χ2v) is 9.68. The molecular weight excluding hydrogens is 402 g/mol. The molecule has 4 rings (SSSR count). The Morgan fingerprint density at radius 2 is 1.70 bits per heavy atom. The quantitative estimate of drug-likeness (QED) is 0.706. The Labute approximate surface area is 177 Å². The standard InChI is InChI=1S/C22H27N3O4S/c1-23(17-18-5-2-3-6-21(18)24-13-15-29-16-14-24)30(27,28)20-10-8-19(9-11-20)25-12-4-7-22(25)26/h2-3,5-6,8-11H,4,7,12-17H2,1H3. The Kier molecular flexibility index (Phi) is 6.08. The van der Waals surface area contributed by atoms with Gasteiger partial charge >= 0.3 is 0 Å². The van der Waals surface area contributed by atoms with Crippen LogP contribution in [0.2, 0.25) is 0 Å². The fourth-order valence-corrected chi connectivity index (χ4v) is 5.13. The van der Waals surface area contributed by atoms with Gasteiger partial charge in [0, 0.05) is 51.0 Å². The van der Waals surface area contributed by atoms with Gasteiger partial charge in [-0.15, -0.1) is 0 Å². The van der Waals surface area contributed by atoms with E-state index in [9.17, 15) is 13.2 Å². The highest BCUT2D eigenvalue weighted by molar-refractivity contribution is 7.89. The average molecular weight is 430 g/mol. The van der Waals surface area contributed by atoms with Crippen LogP contribution < -0.4 is 9.80 Å². The molecule has 2 aromatic carbocycles. The van der Waals surface area contributed by atoms with E-state index in [0.29, 0.717) is 26.2 Å². The summed E-state index contributed by atoms with van der Waals surface area (Å²) < 4.78 is 33.1. The van der Waals surface area contributed by atoms with Crippen LogP contribution in [0.15, 0.2) is 53.4 Å². The van der Waals surface area contributed by atoms with Crippen LogP contribution in [0.3, 0.4) is 0 Å². The van der Waals surface area contributed by atoms with Gasteiger partial charge in [0.1, 0.15) is 0 Å². The molecule has 0 aliphatic carbocycles. The van der Waals surface area contributed by atoms with Crippen molar-refractivity contribution in [3.8, 4) is 0 Å². The number of hydrogen-bond donors (Lipinski definition) is 0. The zero-order valence-corrected chi connectivity index (χ0v) is 18.0. The number of morpholine rings is 1. The van der Waals surface area contributed by atoms with Crippen LogP contribution in [-0.2, 0) is 26.1 Å². The molecule has 0 aromatic heterocycles. The second kappa shape index (κ2) is 8.75. The van der Waals surface area contributed by atoms with Crippen molar-refractivity contribution in [2.24, 2.45) is 0 Å². The van der Waals surface area contributed by atoms with E-state index in [1.54, 1.807) is 36.2 Å². The van der Waals surface area contributed by atoms with Crippen LogP contribution >= 0.6 is 0 Å². The summed E-state index contributed by atoms with van der Waals surface area (Å²) in [5, 5.41) is 0. The molecule has 0 unspecified atom stereocenters. The van der Waals surface area contributed by atoms with Gasteiger partial charge < -0.3 is 14.5 Å². The minimum atomic E-state index is -3.65. The molecule has 8 heteroatoms. The molecule has 2 saturated heterocycles. The van der Waals surface area contributed by atoms with Gasteiger partial charge in [-0.25, -0.2) is 8.42 Å². The van der Waals surface area contributed by atoms with E-state index in [-0.39, 0.29) is 17.3 Å². The summed E-state index contributed by atoms with van der Waals surface area (Å²) >= 11 is 0. The highest BCUT2D eigenvalue weighted by Crippen LogP contribution is 2.27. The van der Waals surface area contributed by atoms with Crippen molar-refractivity contribution in [1.29, 1.82) is 0 Å². The normalized spacial score (nSPS) is 17.7. The third-order valence-corrected chi connectivity index (χ3v) is 7.48. The Balaban J connectivity index is 1.52. The third-order valence-electron chi connectivity index (χ3n) is 5.67. The molecule has 0 spiro atoms. The summed E-state index contributed by atoms with van der Waals surface area (Å²) in [6.45, 7) is 3.91. The number of para-hydroxylation sites is 1. The lowest BCUT2D eigenvalue weighted by Crippen LogP contribution is -2.37. The number of rotatable bonds is 6. The molecule has 0 atom stereocenters. The van der Waals surface area contributed by atoms with Crippen LogP contribution in [-0.4, -0.2) is 58.5 Å². The highest BCUT2D eigenvalue weighted by Gasteiger charge is 2.25. The number of benzene rings is 2. The summed E-state index contributed by atoms with van der Waals surface area (Å²) in [7, 11) is -2.05. The van der Waals surface area contributed by atoms with Crippen molar-refractivity contribution in [1.82, 2.24) is 4.31 Å². The van der Waals surface area contributed by atoms with E-state index in [4.69, 9.17) is 4.74 Å². The van der Waals surface area contributed by atoms with Crippen molar-refractivity contribution in [2.45, 2.75) is 24.3 Å². The van der Waals surface area contributed by atoms with E-state index in [0.717, 1.165) is 36.4 Å². The summed E-state index contributed by atoms with van der Waals surface area (Å²) in [5.41, 5.74) is 2.76. The predicted molar refractivity (Wildman–Crippen MR) is 116 cm³/mol. The molecule has 0 bridgehead atoms. The molecule has 2 heterocycles. The van der Waals surface area contributed by atoms with Crippen LogP contribution in [0.5, 0.6) is 0 Å². The van der Waals surface area contributed by atoms with Gasteiger partial charge in [0.15, 0.2) is 0 Å². The minimum Gasteiger partial charge on any atom is -0.378 e. The van der Waals surface area contributed by atoms with E-state index in [2.05, 4.69) is 4.90 Å². The number of carbonyl (C=O) groups excluding carboxylic acids is 1. The molecule has 7 nitrogen and oxygen atoms in total. The molecule has 1 amide bonds. The number of nitrogens with zero attached hydrogens (tertiary/aromatic N) is 3. The number of ether oxygens (including phenoxy) is 1. The molecule has 30 heavy (non-hydrogen) atoms. The SMILES string of the molecule is CN(Cc1ccccc1N1CCOCC1)S(=O)(=O)c1ccc(N2CCCC2=O)cc1. The maximum atomic E-state index is 13.1. The maximum absolute atomic E-state index is 13.1. The van der Waals surface area contributed by atoms with Gasteiger partial charge in [-0.3, -0.25) is 4.79 Å². The van der Waals surface area contributed by atoms with Crippen LogP contribution in [0, 0.1) is 0 Å². The van der Waals surface area contributed by atoms with Gasteiger partial charge in [-0.05, 0) is 42.3 Å². The zero-order chi connectivity index (χ0) is 21.1. The van der Waals surface area contributed by atoms with Crippen molar-refractivity contribution in [3.63, 3.8) is 0 Å². The number of amides is 1. The van der Waals surface area contributed by atoms with Crippen molar-refractivity contribution < 1.29 is 17.9 Å². The van der Waals surface area contributed by atoms with Crippen molar-refractivity contribution >= 4 is 27.3 Å². The predicted octanol–water partition coefficient (Wildman–Crippen LogP) is 2.47. The summed E-state index contributed by atoms with van der Waals surface area (Å²) in [5.74, 6) is 0.0856. The topological polar surface area (TPSA) is 70.2 Å². The van der Waals surface area contributed by atoms with E-state index in [1.165, 1.54) is 4.31 Å². The first-order valence-electron chi connectivity index (χ1n) is 10.2. The summed E-state index contributed by atoms with van der Waals surface area (Å²) in [6, 6.07) is 14.5. The molecule has 0 saturated carbocycles. The molecule has 160 valence electrons. The third kappa shape index (κ3) is 4.21. The molecule has 0 radical (unpaired) electrons. The number of carbonyl (C=O) groups is 1. The Bertz CT molecular complexity index is 1000. The lowest BCUT2D eigenvalue weighted by atomic mass is 10.1. The lowest BCUT2D eigenvalue weighted by molar-refractivity contribution is -0.117. The monoisotopic (exact) mass is 429 g/mol.